The second-order valence-electron chi connectivity index (χ2n) is 10.4. The van der Waals surface area contributed by atoms with Crippen LogP contribution in [0.15, 0.2) is 24.5 Å². The number of aromatic nitrogens is 2. The Labute approximate surface area is 172 Å². The van der Waals surface area contributed by atoms with E-state index < -0.39 is 0 Å². The van der Waals surface area contributed by atoms with Gasteiger partial charge < -0.3 is 5.73 Å². The van der Waals surface area contributed by atoms with Crippen LogP contribution < -0.4 is 5.73 Å². The maximum absolute atomic E-state index is 6.36. The number of nitrogens with two attached hydrogens (primary N) is 1. The van der Waals surface area contributed by atoms with Crippen LogP contribution in [0.4, 0.5) is 5.69 Å². The van der Waals surface area contributed by atoms with Crippen LogP contribution in [0.3, 0.4) is 0 Å². The van der Waals surface area contributed by atoms with E-state index in [2.05, 4.69) is 80.6 Å². The predicted octanol–water partition coefficient (Wildman–Crippen LogP) is 6.65. The molecular weight excluding hydrogens is 342 g/mol. The summed E-state index contributed by atoms with van der Waals surface area (Å²) >= 11 is 0. The Bertz CT molecular complexity index is 813. The first-order valence-corrected chi connectivity index (χ1v) is 10.6. The number of rotatable bonds is 6. The predicted molar refractivity (Wildman–Crippen MR) is 121 cm³/mol. The van der Waals surface area contributed by atoms with Gasteiger partial charge in [-0.3, -0.25) is 9.97 Å². The molecule has 28 heavy (non-hydrogen) atoms. The van der Waals surface area contributed by atoms with Crippen molar-refractivity contribution in [3.63, 3.8) is 0 Å². The third-order valence-electron chi connectivity index (χ3n) is 5.93. The van der Waals surface area contributed by atoms with E-state index in [0.717, 1.165) is 24.2 Å². The molecular formula is C25H39N3. The van der Waals surface area contributed by atoms with Gasteiger partial charge >= 0.3 is 0 Å². The molecule has 2 N–H and O–H groups in total. The summed E-state index contributed by atoms with van der Waals surface area (Å²) < 4.78 is 0. The first-order valence-electron chi connectivity index (χ1n) is 10.6. The quantitative estimate of drug-likeness (QED) is 0.609. The van der Waals surface area contributed by atoms with Gasteiger partial charge in [0.05, 0.1) is 11.4 Å². The van der Waals surface area contributed by atoms with Crippen LogP contribution in [0, 0.1) is 6.92 Å². The summed E-state index contributed by atoms with van der Waals surface area (Å²) in [6.45, 7) is 20.0. The fourth-order valence-electron chi connectivity index (χ4n) is 3.73. The van der Waals surface area contributed by atoms with Gasteiger partial charge in [0.15, 0.2) is 0 Å². The number of aryl methyl sites for hydroxylation is 1. The largest absolute Gasteiger partial charge is 0.397 e. The molecule has 3 heteroatoms. The van der Waals surface area contributed by atoms with Gasteiger partial charge in [0.2, 0.25) is 0 Å². The van der Waals surface area contributed by atoms with Crippen molar-refractivity contribution in [2.75, 3.05) is 5.73 Å². The fourth-order valence-corrected chi connectivity index (χ4v) is 3.73. The number of anilines is 1. The van der Waals surface area contributed by atoms with Gasteiger partial charge in [-0.25, -0.2) is 0 Å². The Hall–Kier alpha value is -1.90. The molecule has 2 aromatic heterocycles. The highest BCUT2D eigenvalue weighted by Crippen LogP contribution is 2.35. The van der Waals surface area contributed by atoms with Crippen molar-refractivity contribution in [3.05, 3.63) is 52.6 Å². The standard InChI is InChI=1S/C25H39N3/c1-16(2)22-18(4)12-20(15-27-22)25(8,9)11-10-17(3)23-21(26)13-19(14-28-23)24(5,6)7/h12-17H,10-11,26H2,1-9H3. The van der Waals surface area contributed by atoms with Gasteiger partial charge in [0, 0.05) is 24.0 Å². The molecule has 0 radical (unpaired) electrons. The maximum Gasteiger partial charge on any atom is 0.0660 e. The fraction of sp³-hybridized carbons (Fsp3) is 0.600. The summed E-state index contributed by atoms with van der Waals surface area (Å²) in [7, 11) is 0. The topological polar surface area (TPSA) is 51.8 Å². The molecule has 0 saturated heterocycles. The zero-order chi connectivity index (χ0) is 21.3. The summed E-state index contributed by atoms with van der Waals surface area (Å²) in [4.78, 5) is 9.47. The molecule has 0 aliphatic carbocycles. The lowest BCUT2D eigenvalue weighted by Crippen LogP contribution is -2.20. The molecule has 0 bridgehead atoms. The molecule has 2 heterocycles. The van der Waals surface area contributed by atoms with Crippen molar-refractivity contribution in [2.45, 2.75) is 97.8 Å². The SMILES string of the molecule is Cc1cc(C(C)(C)CCC(C)c2ncc(C(C)(C)C)cc2N)cnc1C(C)C. The van der Waals surface area contributed by atoms with E-state index in [1.807, 2.05) is 6.20 Å². The lowest BCUT2D eigenvalue weighted by atomic mass is 9.78. The summed E-state index contributed by atoms with van der Waals surface area (Å²) in [6.07, 6.45) is 6.17. The van der Waals surface area contributed by atoms with Crippen molar-refractivity contribution in [2.24, 2.45) is 0 Å². The van der Waals surface area contributed by atoms with Gasteiger partial charge in [-0.2, -0.15) is 0 Å². The number of hydrogen-bond acceptors (Lipinski definition) is 3. The first kappa shape index (κ1) is 22.4. The van der Waals surface area contributed by atoms with Gasteiger partial charge in [-0.1, -0.05) is 61.5 Å². The molecule has 1 atom stereocenters. The number of nitrogens with zero attached hydrogens (tertiary/aromatic N) is 2. The van der Waals surface area contributed by atoms with Crippen molar-refractivity contribution in [1.82, 2.24) is 9.97 Å². The van der Waals surface area contributed by atoms with E-state index >= 15 is 0 Å². The zero-order valence-electron chi connectivity index (χ0n) is 19.4. The smallest absolute Gasteiger partial charge is 0.0660 e. The lowest BCUT2D eigenvalue weighted by molar-refractivity contribution is 0.435. The number of pyridine rings is 2. The molecule has 0 fully saturated rings. The third kappa shape index (κ3) is 5.12. The summed E-state index contributed by atoms with van der Waals surface area (Å²) in [5, 5.41) is 0. The normalized spacial score (nSPS) is 13.8. The van der Waals surface area contributed by atoms with Crippen LogP contribution in [-0.2, 0) is 10.8 Å². The van der Waals surface area contributed by atoms with Gasteiger partial charge in [0.25, 0.3) is 0 Å². The molecule has 0 amide bonds. The molecule has 2 aromatic rings. The zero-order valence-corrected chi connectivity index (χ0v) is 19.4. The molecule has 3 nitrogen and oxygen atoms in total. The number of hydrogen-bond donors (Lipinski definition) is 1. The molecule has 0 aliphatic heterocycles. The van der Waals surface area contributed by atoms with Crippen LogP contribution in [0.2, 0.25) is 0 Å². The average molecular weight is 382 g/mol. The average Bonchev–Trinajstić information content (AvgIpc) is 2.58. The minimum atomic E-state index is 0.0673. The van der Waals surface area contributed by atoms with Gasteiger partial charge in [0.1, 0.15) is 0 Å². The lowest BCUT2D eigenvalue weighted by Gasteiger charge is -2.28. The highest BCUT2D eigenvalue weighted by atomic mass is 14.7. The Morgan fingerprint density at radius 3 is 1.96 bits per heavy atom. The van der Waals surface area contributed by atoms with E-state index in [4.69, 9.17) is 15.7 Å². The molecule has 0 spiro atoms. The maximum atomic E-state index is 6.36. The van der Waals surface area contributed by atoms with E-state index in [-0.39, 0.29) is 10.8 Å². The van der Waals surface area contributed by atoms with Crippen LogP contribution in [0.25, 0.3) is 0 Å². The van der Waals surface area contributed by atoms with Gasteiger partial charge in [-0.05, 0) is 59.3 Å². The molecule has 1 unspecified atom stereocenters. The number of nitrogen functional groups attached to an aromatic ring is 1. The summed E-state index contributed by atoms with van der Waals surface area (Å²) in [5.74, 6) is 0.791. The Morgan fingerprint density at radius 2 is 1.46 bits per heavy atom. The van der Waals surface area contributed by atoms with Crippen molar-refractivity contribution in [1.29, 1.82) is 0 Å². The second kappa shape index (κ2) is 8.23. The van der Waals surface area contributed by atoms with Crippen molar-refractivity contribution >= 4 is 5.69 Å². The van der Waals surface area contributed by atoms with Gasteiger partial charge in [-0.15, -0.1) is 0 Å². The Kier molecular flexibility index (Phi) is 6.58. The van der Waals surface area contributed by atoms with Crippen molar-refractivity contribution < 1.29 is 0 Å². The van der Waals surface area contributed by atoms with Crippen LogP contribution in [0.1, 0.15) is 108 Å². The molecule has 0 aromatic carbocycles. The van der Waals surface area contributed by atoms with Crippen LogP contribution in [0.5, 0.6) is 0 Å². The highest BCUT2D eigenvalue weighted by molar-refractivity contribution is 5.47. The first-order chi connectivity index (χ1) is 12.8. The minimum Gasteiger partial charge on any atom is -0.397 e. The summed E-state index contributed by atoms with van der Waals surface area (Å²) in [5.41, 5.74) is 13.3. The van der Waals surface area contributed by atoms with E-state index in [1.54, 1.807) is 0 Å². The Morgan fingerprint density at radius 1 is 0.893 bits per heavy atom. The molecule has 154 valence electrons. The Balaban J connectivity index is 2.13. The van der Waals surface area contributed by atoms with Crippen molar-refractivity contribution in [3.8, 4) is 0 Å². The molecule has 0 aliphatic rings. The second-order valence-corrected chi connectivity index (χ2v) is 10.4. The van der Waals surface area contributed by atoms with E-state index in [9.17, 15) is 0 Å². The minimum absolute atomic E-state index is 0.0673. The highest BCUT2D eigenvalue weighted by Gasteiger charge is 2.24. The third-order valence-corrected chi connectivity index (χ3v) is 5.93. The summed E-state index contributed by atoms with van der Waals surface area (Å²) in [6, 6.07) is 4.42. The van der Waals surface area contributed by atoms with E-state index in [0.29, 0.717) is 11.8 Å². The van der Waals surface area contributed by atoms with Crippen LogP contribution in [-0.4, -0.2) is 9.97 Å². The molecule has 2 rings (SSSR count). The van der Waals surface area contributed by atoms with Crippen LogP contribution >= 0.6 is 0 Å². The molecule has 0 saturated carbocycles. The monoisotopic (exact) mass is 381 g/mol. The van der Waals surface area contributed by atoms with E-state index in [1.165, 1.54) is 22.4 Å².